The maximum absolute atomic E-state index is 13.0. The first-order valence-electron chi connectivity index (χ1n) is 9.63. The minimum Gasteiger partial charge on any atom is -0.336 e. The van der Waals surface area contributed by atoms with Gasteiger partial charge in [0.15, 0.2) is 0 Å². The molecule has 2 atom stereocenters. The van der Waals surface area contributed by atoms with Crippen LogP contribution in [0.3, 0.4) is 0 Å². The van der Waals surface area contributed by atoms with Crippen molar-refractivity contribution in [1.29, 1.82) is 0 Å². The van der Waals surface area contributed by atoms with Crippen LogP contribution in [-0.2, 0) is 13.0 Å². The summed E-state index contributed by atoms with van der Waals surface area (Å²) in [5.41, 5.74) is 7.04. The van der Waals surface area contributed by atoms with E-state index in [2.05, 4.69) is 6.92 Å². The molecule has 0 aliphatic carbocycles. The number of nitrogens with zero attached hydrogens (tertiary/aromatic N) is 3. The highest BCUT2D eigenvalue weighted by Crippen LogP contribution is 2.25. The number of carbonyl (C=O) groups is 1. The van der Waals surface area contributed by atoms with Gasteiger partial charge in [0, 0.05) is 31.1 Å². The number of fused-ring (bicyclic) bond motifs is 2. The second-order valence-electron chi connectivity index (χ2n) is 7.67. The zero-order valence-electron chi connectivity index (χ0n) is 15.3. The van der Waals surface area contributed by atoms with Gasteiger partial charge < -0.3 is 10.6 Å². The SMILES string of the molecule is CC1CC(CN)CN1C(=O)c1ccc2c(=O)n3c(nc2c1)CCCCC3. The van der Waals surface area contributed by atoms with Crippen molar-refractivity contribution in [3.8, 4) is 0 Å². The lowest BCUT2D eigenvalue weighted by molar-refractivity contribution is 0.0743. The Morgan fingerprint density at radius 2 is 2.15 bits per heavy atom. The number of amides is 1. The van der Waals surface area contributed by atoms with Crippen molar-refractivity contribution in [2.45, 2.75) is 51.6 Å². The van der Waals surface area contributed by atoms with E-state index in [1.807, 2.05) is 9.47 Å². The lowest BCUT2D eigenvalue weighted by atomic mass is 10.1. The summed E-state index contributed by atoms with van der Waals surface area (Å²) in [6.07, 6.45) is 4.97. The van der Waals surface area contributed by atoms with Crippen LogP contribution in [0.1, 0.15) is 48.8 Å². The predicted octanol–water partition coefficient (Wildman–Crippen LogP) is 1.93. The highest BCUT2D eigenvalue weighted by Gasteiger charge is 2.32. The van der Waals surface area contributed by atoms with Gasteiger partial charge in [-0.25, -0.2) is 4.98 Å². The van der Waals surface area contributed by atoms with E-state index < -0.39 is 0 Å². The molecular weight excluding hydrogens is 328 g/mol. The van der Waals surface area contributed by atoms with Crippen LogP contribution in [0.2, 0.25) is 0 Å². The summed E-state index contributed by atoms with van der Waals surface area (Å²) < 4.78 is 1.81. The lowest BCUT2D eigenvalue weighted by Gasteiger charge is -2.21. The third-order valence-electron chi connectivity index (χ3n) is 5.82. The lowest BCUT2D eigenvalue weighted by Crippen LogP contribution is -2.34. The van der Waals surface area contributed by atoms with Crippen molar-refractivity contribution in [2.75, 3.05) is 13.1 Å². The Morgan fingerprint density at radius 1 is 1.31 bits per heavy atom. The first-order chi connectivity index (χ1) is 12.6. The van der Waals surface area contributed by atoms with Crippen molar-refractivity contribution >= 4 is 16.8 Å². The molecule has 1 aromatic heterocycles. The van der Waals surface area contributed by atoms with Gasteiger partial charge in [-0.1, -0.05) is 6.42 Å². The molecule has 0 spiro atoms. The average Bonchev–Trinajstić information content (AvgIpc) is 2.86. The van der Waals surface area contributed by atoms with Crippen molar-refractivity contribution < 1.29 is 4.79 Å². The topological polar surface area (TPSA) is 81.2 Å². The molecule has 1 aromatic carbocycles. The molecule has 2 unspecified atom stereocenters. The molecule has 26 heavy (non-hydrogen) atoms. The zero-order chi connectivity index (χ0) is 18.3. The Kier molecular flexibility index (Phi) is 4.53. The number of aryl methyl sites for hydroxylation is 1. The standard InChI is InChI=1S/C20H26N4O2/c1-13-9-14(11-21)12-24(13)19(25)15-6-7-16-17(10-15)22-18-5-3-2-4-8-23(18)20(16)26/h6-7,10,13-14H,2-5,8-9,11-12,21H2,1H3. The van der Waals surface area contributed by atoms with Crippen LogP contribution in [0, 0.1) is 5.92 Å². The number of hydrogen-bond donors (Lipinski definition) is 1. The molecule has 2 aromatic rings. The molecule has 138 valence electrons. The third-order valence-corrected chi connectivity index (χ3v) is 5.82. The third kappa shape index (κ3) is 2.92. The van der Waals surface area contributed by atoms with Gasteiger partial charge in [0.1, 0.15) is 5.82 Å². The smallest absolute Gasteiger partial charge is 0.261 e. The molecule has 3 heterocycles. The van der Waals surface area contributed by atoms with Crippen molar-refractivity contribution in [1.82, 2.24) is 14.5 Å². The molecule has 1 saturated heterocycles. The molecular formula is C20H26N4O2. The monoisotopic (exact) mass is 354 g/mol. The number of rotatable bonds is 2. The van der Waals surface area contributed by atoms with Gasteiger partial charge in [-0.05, 0) is 56.8 Å². The van der Waals surface area contributed by atoms with E-state index in [1.54, 1.807) is 18.2 Å². The number of likely N-dealkylation sites (tertiary alicyclic amines) is 1. The summed E-state index contributed by atoms with van der Waals surface area (Å²) in [6, 6.07) is 5.50. The molecule has 2 N–H and O–H groups in total. The van der Waals surface area contributed by atoms with E-state index in [9.17, 15) is 9.59 Å². The number of benzene rings is 1. The van der Waals surface area contributed by atoms with E-state index in [-0.39, 0.29) is 17.5 Å². The van der Waals surface area contributed by atoms with E-state index in [1.165, 1.54) is 0 Å². The maximum atomic E-state index is 13.0. The van der Waals surface area contributed by atoms with Gasteiger partial charge in [0.2, 0.25) is 0 Å². The maximum Gasteiger partial charge on any atom is 0.261 e. The minimum absolute atomic E-state index is 0.00666. The van der Waals surface area contributed by atoms with Crippen molar-refractivity contribution in [3.63, 3.8) is 0 Å². The summed E-state index contributed by atoms with van der Waals surface area (Å²) in [7, 11) is 0. The first kappa shape index (κ1) is 17.2. The van der Waals surface area contributed by atoms with E-state index in [0.29, 0.717) is 35.5 Å². The van der Waals surface area contributed by atoms with Gasteiger partial charge in [0.25, 0.3) is 11.5 Å². The van der Waals surface area contributed by atoms with Gasteiger partial charge in [-0.15, -0.1) is 0 Å². The normalized spacial score (nSPS) is 23.1. The van der Waals surface area contributed by atoms with Crippen molar-refractivity contribution in [2.24, 2.45) is 11.7 Å². The molecule has 6 nitrogen and oxygen atoms in total. The Bertz CT molecular complexity index is 905. The van der Waals surface area contributed by atoms with Crippen LogP contribution < -0.4 is 11.3 Å². The van der Waals surface area contributed by atoms with Crippen LogP contribution in [0.4, 0.5) is 0 Å². The van der Waals surface area contributed by atoms with Crippen LogP contribution in [-0.4, -0.2) is 39.5 Å². The van der Waals surface area contributed by atoms with Crippen LogP contribution in [0.5, 0.6) is 0 Å². The quantitative estimate of drug-likeness (QED) is 0.893. The molecule has 2 aliphatic rings. The number of hydrogen-bond acceptors (Lipinski definition) is 4. The number of carbonyl (C=O) groups excluding carboxylic acids is 1. The molecule has 6 heteroatoms. The Balaban J connectivity index is 1.72. The minimum atomic E-state index is 0.00666. The van der Waals surface area contributed by atoms with Crippen LogP contribution in [0.25, 0.3) is 10.9 Å². The van der Waals surface area contributed by atoms with Gasteiger partial charge in [-0.2, -0.15) is 0 Å². The van der Waals surface area contributed by atoms with E-state index in [0.717, 1.165) is 44.5 Å². The fourth-order valence-corrected chi connectivity index (χ4v) is 4.31. The highest BCUT2D eigenvalue weighted by molar-refractivity contribution is 5.98. The highest BCUT2D eigenvalue weighted by atomic mass is 16.2. The molecule has 1 fully saturated rings. The Morgan fingerprint density at radius 3 is 2.92 bits per heavy atom. The second-order valence-corrected chi connectivity index (χ2v) is 7.67. The summed E-state index contributed by atoms with van der Waals surface area (Å²) in [5, 5.41) is 0.599. The first-order valence-corrected chi connectivity index (χ1v) is 9.63. The average molecular weight is 354 g/mol. The molecule has 2 aliphatic heterocycles. The van der Waals surface area contributed by atoms with Gasteiger partial charge in [0.05, 0.1) is 10.9 Å². The second kappa shape index (κ2) is 6.83. The van der Waals surface area contributed by atoms with Crippen LogP contribution in [0.15, 0.2) is 23.0 Å². The van der Waals surface area contributed by atoms with Gasteiger partial charge >= 0.3 is 0 Å². The van der Waals surface area contributed by atoms with E-state index in [4.69, 9.17) is 10.7 Å². The summed E-state index contributed by atoms with van der Waals surface area (Å²) in [4.78, 5) is 32.4. The van der Waals surface area contributed by atoms with Crippen molar-refractivity contribution in [3.05, 3.63) is 39.9 Å². The molecule has 0 saturated carbocycles. The van der Waals surface area contributed by atoms with E-state index >= 15 is 0 Å². The molecule has 0 bridgehead atoms. The largest absolute Gasteiger partial charge is 0.336 e. The Hall–Kier alpha value is -2.21. The number of nitrogens with two attached hydrogens (primary N) is 1. The molecule has 4 rings (SSSR count). The fourth-order valence-electron chi connectivity index (χ4n) is 4.31. The summed E-state index contributed by atoms with van der Waals surface area (Å²) in [6.45, 7) is 4.12. The van der Waals surface area contributed by atoms with Crippen LogP contribution >= 0.6 is 0 Å². The predicted molar refractivity (Wildman–Crippen MR) is 101 cm³/mol. The van der Waals surface area contributed by atoms with Gasteiger partial charge in [-0.3, -0.25) is 14.2 Å². The zero-order valence-corrected chi connectivity index (χ0v) is 15.3. The summed E-state index contributed by atoms with van der Waals surface area (Å²) in [5.74, 6) is 1.22. The number of aromatic nitrogens is 2. The molecule has 0 radical (unpaired) electrons. The fraction of sp³-hybridized carbons (Fsp3) is 0.550. The summed E-state index contributed by atoms with van der Waals surface area (Å²) >= 11 is 0. The Labute approximate surface area is 153 Å². The molecule has 1 amide bonds.